The van der Waals surface area contributed by atoms with Gasteiger partial charge in [-0.2, -0.15) is 0 Å². The third-order valence-corrected chi connectivity index (χ3v) is 5.35. The largest absolute Gasteiger partial charge is 0.465 e. The average molecular weight is 321 g/mol. The molecule has 0 N–H and O–H groups in total. The molecule has 2 bridgehead atoms. The number of rotatable bonds is 5. The molecule has 0 unspecified atom stereocenters. The summed E-state index contributed by atoms with van der Waals surface area (Å²) >= 11 is 0. The Morgan fingerprint density at radius 1 is 1.52 bits per heavy atom. The SMILES string of the molecule is CCCOC(=O)[C@H]1[C@H]2C(=O)N(C[C@H]3CCCO3)C[C@]23C=C[C@H]1O3. The number of carbonyl (C=O) groups is 2. The Kier molecular flexibility index (Phi) is 3.69. The van der Waals surface area contributed by atoms with Crippen LogP contribution in [0.4, 0.5) is 0 Å². The molecule has 6 nitrogen and oxygen atoms in total. The number of carbonyl (C=O) groups excluding carboxylic acids is 2. The summed E-state index contributed by atoms with van der Waals surface area (Å²) in [5.74, 6) is -1.25. The molecule has 0 aliphatic carbocycles. The highest BCUT2D eigenvalue weighted by Gasteiger charge is 2.67. The number of esters is 1. The zero-order valence-electron chi connectivity index (χ0n) is 13.4. The van der Waals surface area contributed by atoms with Crippen molar-refractivity contribution in [1.29, 1.82) is 0 Å². The van der Waals surface area contributed by atoms with Crippen LogP contribution in [0.25, 0.3) is 0 Å². The highest BCUT2D eigenvalue weighted by Crippen LogP contribution is 2.52. The molecule has 126 valence electrons. The summed E-state index contributed by atoms with van der Waals surface area (Å²) in [5.41, 5.74) is -0.643. The molecule has 0 aromatic rings. The third-order valence-electron chi connectivity index (χ3n) is 5.35. The first-order chi connectivity index (χ1) is 11.1. The lowest BCUT2D eigenvalue weighted by Crippen LogP contribution is -2.40. The summed E-state index contributed by atoms with van der Waals surface area (Å²) in [6.07, 6.45) is 6.48. The zero-order chi connectivity index (χ0) is 16.0. The molecule has 0 aromatic heterocycles. The maximum absolute atomic E-state index is 12.9. The topological polar surface area (TPSA) is 65.1 Å². The van der Waals surface area contributed by atoms with Crippen molar-refractivity contribution >= 4 is 11.9 Å². The summed E-state index contributed by atoms with van der Waals surface area (Å²) in [7, 11) is 0. The predicted molar refractivity (Wildman–Crippen MR) is 80.5 cm³/mol. The molecule has 4 aliphatic heterocycles. The van der Waals surface area contributed by atoms with Crippen molar-refractivity contribution in [2.24, 2.45) is 11.8 Å². The number of nitrogens with zero attached hydrogens (tertiary/aromatic N) is 1. The lowest BCUT2D eigenvalue weighted by atomic mass is 9.77. The quantitative estimate of drug-likeness (QED) is 0.556. The Balaban J connectivity index is 1.52. The van der Waals surface area contributed by atoms with Gasteiger partial charge in [0.1, 0.15) is 11.5 Å². The number of fused-ring (bicyclic) bond motifs is 1. The first-order valence-corrected chi connectivity index (χ1v) is 8.59. The Labute approximate surface area is 135 Å². The molecule has 3 fully saturated rings. The molecule has 4 aliphatic rings. The maximum atomic E-state index is 12.9. The minimum Gasteiger partial charge on any atom is -0.465 e. The van der Waals surface area contributed by atoms with Crippen LogP contribution in [0.3, 0.4) is 0 Å². The predicted octanol–water partition coefficient (Wildman–Crippen LogP) is 0.901. The highest BCUT2D eigenvalue weighted by atomic mass is 16.6. The number of hydrogen-bond donors (Lipinski definition) is 0. The summed E-state index contributed by atoms with van der Waals surface area (Å²) in [5, 5.41) is 0. The van der Waals surface area contributed by atoms with Gasteiger partial charge in [-0.3, -0.25) is 9.59 Å². The maximum Gasteiger partial charge on any atom is 0.312 e. The summed E-state index contributed by atoms with van der Waals surface area (Å²) < 4.78 is 17.0. The van der Waals surface area contributed by atoms with Gasteiger partial charge in [-0.25, -0.2) is 0 Å². The summed E-state index contributed by atoms with van der Waals surface area (Å²) in [4.78, 5) is 27.1. The third kappa shape index (κ3) is 2.31. The van der Waals surface area contributed by atoms with Crippen LogP contribution < -0.4 is 0 Å². The molecule has 6 heteroatoms. The van der Waals surface area contributed by atoms with Crippen LogP contribution in [0.5, 0.6) is 0 Å². The monoisotopic (exact) mass is 321 g/mol. The van der Waals surface area contributed by atoms with Crippen molar-refractivity contribution in [3.8, 4) is 0 Å². The van der Waals surface area contributed by atoms with Crippen molar-refractivity contribution < 1.29 is 23.8 Å². The van der Waals surface area contributed by atoms with E-state index in [-0.39, 0.29) is 24.1 Å². The molecule has 5 atom stereocenters. The van der Waals surface area contributed by atoms with Gasteiger partial charge in [0, 0.05) is 13.2 Å². The van der Waals surface area contributed by atoms with E-state index in [4.69, 9.17) is 14.2 Å². The molecular formula is C17H23NO5. The second-order valence-corrected chi connectivity index (χ2v) is 6.92. The van der Waals surface area contributed by atoms with Gasteiger partial charge in [0.25, 0.3) is 0 Å². The molecule has 3 saturated heterocycles. The van der Waals surface area contributed by atoms with Gasteiger partial charge in [-0.1, -0.05) is 19.1 Å². The van der Waals surface area contributed by atoms with E-state index >= 15 is 0 Å². The van der Waals surface area contributed by atoms with Crippen molar-refractivity contribution in [2.45, 2.75) is 44.0 Å². The molecule has 4 rings (SSSR count). The molecule has 0 aromatic carbocycles. The number of amides is 1. The zero-order valence-corrected chi connectivity index (χ0v) is 13.4. The fraction of sp³-hybridized carbons (Fsp3) is 0.765. The van der Waals surface area contributed by atoms with Crippen LogP contribution >= 0.6 is 0 Å². The van der Waals surface area contributed by atoms with E-state index in [1.165, 1.54) is 0 Å². The van der Waals surface area contributed by atoms with E-state index in [0.717, 1.165) is 25.9 Å². The van der Waals surface area contributed by atoms with E-state index in [2.05, 4.69) is 0 Å². The summed E-state index contributed by atoms with van der Waals surface area (Å²) in [6, 6.07) is 0. The van der Waals surface area contributed by atoms with Crippen LogP contribution in [-0.4, -0.2) is 60.9 Å². The van der Waals surface area contributed by atoms with Gasteiger partial charge in [-0.15, -0.1) is 0 Å². The lowest BCUT2D eigenvalue weighted by molar-refractivity contribution is -0.154. The second-order valence-electron chi connectivity index (χ2n) is 6.92. The Morgan fingerprint density at radius 3 is 3.13 bits per heavy atom. The van der Waals surface area contributed by atoms with Gasteiger partial charge in [-0.05, 0) is 19.3 Å². The van der Waals surface area contributed by atoms with Crippen LogP contribution in [0, 0.1) is 11.8 Å². The van der Waals surface area contributed by atoms with Crippen LogP contribution in [-0.2, 0) is 23.8 Å². The molecule has 0 saturated carbocycles. The molecule has 1 spiro atoms. The normalized spacial score (nSPS) is 40.9. The van der Waals surface area contributed by atoms with Gasteiger partial charge >= 0.3 is 5.97 Å². The molecule has 0 radical (unpaired) electrons. The second kappa shape index (κ2) is 5.60. The van der Waals surface area contributed by atoms with Gasteiger partial charge < -0.3 is 19.1 Å². The fourth-order valence-electron chi connectivity index (χ4n) is 4.33. The van der Waals surface area contributed by atoms with Gasteiger partial charge in [0.15, 0.2) is 0 Å². The Morgan fingerprint density at radius 2 is 2.39 bits per heavy atom. The summed E-state index contributed by atoms with van der Waals surface area (Å²) in [6.45, 7) is 4.22. The van der Waals surface area contributed by atoms with Crippen molar-refractivity contribution in [2.75, 3.05) is 26.3 Å². The van der Waals surface area contributed by atoms with Gasteiger partial charge in [0.2, 0.25) is 5.91 Å². The van der Waals surface area contributed by atoms with E-state index in [0.29, 0.717) is 19.7 Å². The molecule has 23 heavy (non-hydrogen) atoms. The minimum absolute atomic E-state index is 0.00537. The highest BCUT2D eigenvalue weighted by molar-refractivity contribution is 5.91. The standard InChI is InChI=1S/C17H23NO5/c1-2-7-22-16(20)13-12-5-6-17(23-12)10-18(15(19)14(13)17)9-11-4-3-8-21-11/h5-6,11-14H,2-4,7-10H2,1H3/t11-,12-,13-,14+,17-/m1/s1. The van der Waals surface area contributed by atoms with Crippen molar-refractivity contribution in [3.63, 3.8) is 0 Å². The molecule has 1 amide bonds. The molecular weight excluding hydrogens is 298 g/mol. The number of likely N-dealkylation sites (tertiary alicyclic amines) is 1. The van der Waals surface area contributed by atoms with E-state index < -0.39 is 17.4 Å². The minimum atomic E-state index is -0.643. The van der Waals surface area contributed by atoms with Crippen molar-refractivity contribution in [1.82, 2.24) is 4.90 Å². The average Bonchev–Trinajstić information content (AvgIpc) is 3.28. The van der Waals surface area contributed by atoms with Crippen LogP contribution in [0.15, 0.2) is 12.2 Å². The smallest absolute Gasteiger partial charge is 0.312 e. The van der Waals surface area contributed by atoms with E-state index in [1.807, 2.05) is 24.0 Å². The number of hydrogen-bond acceptors (Lipinski definition) is 5. The van der Waals surface area contributed by atoms with Gasteiger partial charge in [0.05, 0.1) is 31.3 Å². The molecule has 4 heterocycles. The van der Waals surface area contributed by atoms with Crippen LogP contribution in [0.2, 0.25) is 0 Å². The van der Waals surface area contributed by atoms with E-state index in [9.17, 15) is 9.59 Å². The number of ether oxygens (including phenoxy) is 3. The first kappa shape index (κ1) is 15.1. The Bertz CT molecular complexity index is 541. The van der Waals surface area contributed by atoms with Crippen LogP contribution in [0.1, 0.15) is 26.2 Å². The Hall–Kier alpha value is -1.40. The first-order valence-electron chi connectivity index (χ1n) is 8.59. The fourth-order valence-corrected chi connectivity index (χ4v) is 4.33. The lowest BCUT2D eigenvalue weighted by Gasteiger charge is -2.23. The van der Waals surface area contributed by atoms with Crippen molar-refractivity contribution in [3.05, 3.63) is 12.2 Å². The van der Waals surface area contributed by atoms with E-state index in [1.54, 1.807) is 0 Å².